The lowest BCUT2D eigenvalue weighted by Gasteiger charge is -2.02. The molecule has 0 bridgehead atoms. The molecular formula is C18H13ClN2O2. The smallest absolute Gasteiger partial charge is 0.308 e. The summed E-state index contributed by atoms with van der Waals surface area (Å²) >= 11 is 6.17. The molecule has 0 saturated carbocycles. The van der Waals surface area contributed by atoms with Crippen LogP contribution in [0.2, 0.25) is 5.15 Å². The molecule has 5 heteroatoms. The summed E-state index contributed by atoms with van der Waals surface area (Å²) in [4.78, 5) is 19.7. The first kappa shape index (κ1) is 15.2. The second-order valence-electron chi connectivity index (χ2n) is 4.88. The van der Waals surface area contributed by atoms with Gasteiger partial charge in [0.25, 0.3) is 0 Å². The predicted molar refractivity (Wildman–Crippen MR) is 91.2 cm³/mol. The zero-order valence-corrected chi connectivity index (χ0v) is 13.1. The van der Waals surface area contributed by atoms with Crippen LogP contribution in [0.15, 0.2) is 48.5 Å². The van der Waals surface area contributed by atoms with Crippen LogP contribution in [0.25, 0.3) is 23.2 Å². The molecule has 3 aromatic rings. The highest BCUT2D eigenvalue weighted by molar-refractivity contribution is 6.31. The minimum Gasteiger partial charge on any atom is -0.427 e. The lowest BCUT2D eigenvalue weighted by atomic mass is 10.2. The number of hydrogen-bond donors (Lipinski definition) is 0. The van der Waals surface area contributed by atoms with Crippen molar-refractivity contribution in [1.29, 1.82) is 0 Å². The number of carbonyl (C=O) groups is 1. The molecule has 0 amide bonds. The standard InChI is InChI=1S/C18H13ClN2O2/c1-12(22)23-14-9-6-13(7-10-14)8-11-17-18(19)21-16-5-3-2-4-15(16)20-17/h2-11H,1H3/b11-8+. The summed E-state index contributed by atoms with van der Waals surface area (Å²) < 4.78 is 4.99. The number of ether oxygens (including phenoxy) is 1. The first-order valence-electron chi connectivity index (χ1n) is 7.01. The number of hydrogen-bond acceptors (Lipinski definition) is 4. The zero-order chi connectivity index (χ0) is 16.2. The molecule has 1 aromatic heterocycles. The Balaban J connectivity index is 1.84. The first-order valence-corrected chi connectivity index (χ1v) is 7.38. The van der Waals surface area contributed by atoms with Crippen LogP contribution in [0.1, 0.15) is 18.2 Å². The Morgan fingerprint density at radius 1 is 1.00 bits per heavy atom. The average molecular weight is 325 g/mol. The Bertz CT molecular complexity index is 889. The zero-order valence-electron chi connectivity index (χ0n) is 12.4. The fourth-order valence-electron chi connectivity index (χ4n) is 2.09. The number of esters is 1. The minimum atomic E-state index is -0.341. The lowest BCUT2D eigenvalue weighted by Crippen LogP contribution is -2.00. The van der Waals surface area contributed by atoms with E-state index in [-0.39, 0.29) is 5.97 Å². The molecule has 0 spiro atoms. The van der Waals surface area contributed by atoms with Crippen molar-refractivity contribution in [2.75, 3.05) is 0 Å². The minimum absolute atomic E-state index is 0.341. The van der Waals surface area contributed by atoms with E-state index in [2.05, 4.69) is 9.97 Å². The van der Waals surface area contributed by atoms with E-state index >= 15 is 0 Å². The summed E-state index contributed by atoms with van der Waals surface area (Å²) in [5.41, 5.74) is 3.10. The maximum atomic E-state index is 10.9. The molecule has 0 aliphatic rings. The monoisotopic (exact) mass is 324 g/mol. The Hall–Kier alpha value is -2.72. The number of aromatic nitrogens is 2. The number of carbonyl (C=O) groups excluding carboxylic acids is 1. The summed E-state index contributed by atoms with van der Waals surface area (Å²) in [6.45, 7) is 1.37. The molecule has 0 saturated heterocycles. The molecule has 3 rings (SSSR count). The quantitative estimate of drug-likeness (QED) is 0.530. The molecule has 0 atom stereocenters. The second kappa shape index (κ2) is 6.58. The van der Waals surface area contributed by atoms with Crippen LogP contribution in [-0.2, 0) is 4.79 Å². The van der Waals surface area contributed by atoms with E-state index in [1.807, 2.05) is 48.6 Å². The molecule has 0 aliphatic heterocycles. The number of halogens is 1. The highest BCUT2D eigenvalue weighted by Crippen LogP contribution is 2.20. The van der Waals surface area contributed by atoms with Crippen molar-refractivity contribution in [3.05, 3.63) is 64.9 Å². The molecular weight excluding hydrogens is 312 g/mol. The van der Waals surface area contributed by atoms with Gasteiger partial charge < -0.3 is 4.74 Å². The van der Waals surface area contributed by atoms with Crippen LogP contribution in [0.5, 0.6) is 5.75 Å². The number of fused-ring (bicyclic) bond motifs is 1. The number of benzene rings is 2. The van der Waals surface area contributed by atoms with Crippen molar-refractivity contribution < 1.29 is 9.53 Å². The van der Waals surface area contributed by atoms with Crippen LogP contribution in [0.3, 0.4) is 0 Å². The van der Waals surface area contributed by atoms with Crippen LogP contribution in [0.4, 0.5) is 0 Å². The molecule has 114 valence electrons. The van der Waals surface area contributed by atoms with Crippen LogP contribution in [0, 0.1) is 0 Å². The van der Waals surface area contributed by atoms with Crippen molar-refractivity contribution in [2.45, 2.75) is 6.92 Å². The van der Waals surface area contributed by atoms with Gasteiger partial charge in [-0.3, -0.25) is 4.79 Å². The van der Waals surface area contributed by atoms with E-state index in [1.54, 1.807) is 12.1 Å². The maximum absolute atomic E-state index is 10.9. The van der Waals surface area contributed by atoms with E-state index < -0.39 is 0 Å². The molecule has 4 nitrogen and oxygen atoms in total. The van der Waals surface area contributed by atoms with Gasteiger partial charge in [-0.2, -0.15) is 0 Å². The van der Waals surface area contributed by atoms with Crippen molar-refractivity contribution in [1.82, 2.24) is 9.97 Å². The molecule has 0 fully saturated rings. The Labute approximate surface area is 138 Å². The van der Waals surface area contributed by atoms with Crippen molar-refractivity contribution in [2.24, 2.45) is 0 Å². The Kier molecular flexibility index (Phi) is 4.35. The molecule has 0 N–H and O–H groups in total. The molecule has 23 heavy (non-hydrogen) atoms. The summed E-state index contributed by atoms with van der Waals surface area (Å²) in [5.74, 6) is 0.171. The normalized spacial score (nSPS) is 11.0. The van der Waals surface area contributed by atoms with E-state index in [4.69, 9.17) is 16.3 Å². The summed E-state index contributed by atoms with van der Waals surface area (Å²) in [5, 5.41) is 0.358. The molecule has 0 unspecified atom stereocenters. The number of para-hydroxylation sites is 2. The third-order valence-corrected chi connectivity index (χ3v) is 3.41. The van der Waals surface area contributed by atoms with Crippen LogP contribution in [-0.4, -0.2) is 15.9 Å². The maximum Gasteiger partial charge on any atom is 0.308 e. The van der Waals surface area contributed by atoms with Gasteiger partial charge in [0.15, 0.2) is 5.15 Å². The summed E-state index contributed by atoms with van der Waals surface area (Å²) in [6.07, 6.45) is 3.69. The van der Waals surface area contributed by atoms with E-state index in [0.717, 1.165) is 16.6 Å². The Morgan fingerprint density at radius 3 is 2.30 bits per heavy atom. The van der Waals surface area contributed by atoms with Gasteiger partial charge in [-0.1, -0.05) is 41.9 Å². The highest BCUT2D eigenvalue weighted by atomic mass is 35.5. The number of rotatable bonds is 3. The SMILES string of the molecule is CC(=O)Oc1ccc(/C=C/c2nc3ccccc3nc2Cl)cc1. The Morgan fingerprint density at radius 2 is 1.65 bits per heavy atom. The molecule has 1 heterocycles. The topological polar surface area (TPSA) is 52.1 Å². The fraction of sp³-hybridized carbons (Fsp3) is 0.0556. The van der Waals surface area contributed by atoms with Crippen molar-refractivity contribution >= 4 is 40.8 Å². The molecule has 0 radical (unpaired) electrons. The van der Waals surface area contributed by atoms with Gasteiger partial charge in [0, 0.05) is 6.92 Å². The summed E-state index contributed by atoms with van der Waals surface area (Å²) in [7, 11) is 0. The third-order valence-electron chi connectivity index (χ3n) is 3.13. The van der Waals surface area contributed by atoms with Crippen molar-refractivity contribution in [3.63, 3.8) is 0 Å². The van der Waals surface area contributed by atoms with Gasteiger partial charge in [-0.25, -0.2) is 9.97 Å². The lowest BCUT2D eigenvalue weighted by molar-refractivity contribution is -0.131. The van der Waals surface area contributed by atoms with Gasteiger partial charge in [-0.05, 0) is 35.9 Å². The second-order valence-corrected chi connectivity index (χ2v) is 5.24. The van der Waals surface area contributed by atoms with E-state index in [1.165, 1.54) is 6.92 Å². The van der Waals surface area contributed by atoms with Crippen LogP contribution < -0.4 is 4.74 Å². The predicted octanol–water partition coefficient (Wildman–Crippen LogP) is 4.38. The van der Waals surface area contributed by atoms with Crippen molar-refractivity contribution in [3.8, 4) is 5.75 Å². The molecule has 2 aromatic carbocycles. The van der Waals surface area contributed by atoms with Gasteiger partial charge in [0.05, 0.1) is 11.0 Å². The van der Waals surface area contributed by atoms with Gasteiger partial charge in [0.1, 0.15) is 11.4 Å². The van der Waals surface area contributed by atoms with E-state index in [0.29, 0.717) is 16.6 Å². The van der Waals surface area contributed by atoms with Crippen LogP contribution >= 0.6 is 11.6 Å². The van der Waals surface area contributed by atoms with Gasteiger partial charge in [0.2, 0.25) is 0 Å². The first-order chi connectivity index (χ1) is 11.1. The average Bonchev–Trinajstić information content (AvgIpc) is 2.54. The third kappa shape index (κ3) is 3.73. The highest BCUT2D eigenvalue weighted by Gasteiger charge is 2.03. The fourth-order valence-corrected chi connectivity index (χ4v) is 2.28. The summed E-state index contributed by atoms with van der Waals surface area (Å²) in [6, 6.07) is 14.7. The number of nitrogens with zero attached hydrogens (tertiary/aromatic N) is 2. The largest absolute Gasteiger partial charge is 0.427 e. The van der Waals surface area contributed by atoms with Gasteiger partial charge in [-0.15, -0.1) is 0 Å². The van der Waals surface area contributed by atoms with E-state index in [9.17, 15) is 4.79 Å². The molecule has 0 aliphatic carbocycles. The van der Waals surface area contributed by atoms with Gasteiger partial charge >= 0.3 is 5.97 Å².